The number of nitrogens with one attached hydrogen (secondary N) is 1. The van der Waals surface area contributed by atoms with Crippen LogP contribution in [-0.2, 0) is 13.1 Å². The van der Waals surface area contributed by atoms with E-state index in [1.807, 2.05) is 62.5 Å². The molecule has 1 N–H and O–H groups in total. The zero-order valence-corrected chi connectivity index (χ0v) is 27.4. The normalized spacial score (nSPS) is 19.7. The molecule has 2 bridgehead atoms. The molecule has 2 saturated heterocycles. The number of aromatic nitrogens is 2. The van der Waals surface area contributed by atoms with Crippen LogP contribution in [0.25, 0.3) is 10.9 Å². The van der Waals surface area contributed by atoms with Crippen LogP contribution in [0.1, 0.15) is 78.8 Å². The molecule has 2 fully saturated rings. The number of carbonyl (C=O) groups excluding carboxylic acids is 2. The van der Waals surface area contributed by atoms with E-state index < -0.39 is 0 Å². The fraction of sp³-hybridized carbons (Fsp3) is 0.417. The van der Waals surface area contributed by atoms with Crippen LogP contribution in [0, 0.1) is 5.92 Å². The average Bonchev–Trinajstić information content (AvgIpc) is 3.51. The van der Waals surface area contributed by atoms with Gasteiger partial charge in [-0.05, 0) is 87.8 Å². The number of piperidine rings is 1. The van der Waals surface area contributed by atoms with Crippen molar-refractivity contribution in [3.63, 3.8) is 0 Å². The van der Waals surface area contributed by atoms with Crippen LogP contribution in [0.15, 0.2) is 67.0 Å². The predicted octanol–water partition coefficient (Wildman–Crippen LogP) is 7.97. The van der Waals surface area contributed by atoms with Crippen molar-refractivity contribution in [2.24, 2.45) is 5.92 Å². The van der Waals surface area contributed by atoms with Crippen LogP contribution >= 0.6 is 23.2 Å². The Morgan fingerprint density at radius 2 is 1.80 bits per heavy atom. The second-order valence-corrected chi connectivity index (χ2v) is 13.5. The van der Waals surface area contributed by atoms with E-state index in [-0.39, 0.29) is 17.8 Å². The molecule has 2 aromatic carbocycles. The first-order valence-corrected chi connectivity index (χ1v) is 16.7. The maximum absolute atomic E-state index is 13.5. The molecule has 2 aromatic heterocycles. The Hall–Kier alpha value is -3.39. The van der Waals surface area contributed by atoms with Crippen molar-refractivity contribution in [2.75, 3.05) is 6.54 Å². The number of rotatable bonds is 12. The highest BCUT2D eigenvalue weighted by molar-refractivity contribution is 6.42. The number of ketones is 1. The van der Waals surface area contributed by atoms with E-state index in [9.17, 15) is 9.59 Å². The van der Waals surface area contributed by atoms with E-state index in [0.29, 0.717) is 52.3 Å². The van der Waals surface area contributed by atoms with Gasteiger partial charge in [-0.15, -0.1) is 0 Å². The number of Topliss-reactive ketones (excluding diaryl/α,β-unsaturated/α-hetero) is 1. The number of nitrogens with zero attached hydrogens (tertiary/aromatic N) is 3. The van der Waals surface area contributed by atoms with Crippen LogP contribution in [0.4, 0.5) is 0 Å². The molecule has 0 radical (unpaired) electrons. The summed E-state index contributed by atoms with van der Waals surface area (Å²) >= 11 is 12.2. The quantitative estimate of drug-likeness (QED) is 0.158. The van der Waals surface area contributed by atoms with Gasteiger partial charge in [0, 0.05) is 55.9 Å². The Labute approximate surface area is 274 Å². The molecule has 2 aliphatic heterocycles. The molecule has 9 heteroatoms. The van der Waals surface area contributed by atoms with Gasteiger partial charge in [-0.25, -0.2) is 0 Å². The molecule has 7 nitrogen and oxygen atoms in total. The molecule has 4 aromatic rings. The van der Waals surface area contributed by atoms with Crippen LogP contribution in [0.5, 0.6) is 5.75 Å². The maximum atomic E-state index is 13.5. The number of para-hydroxylation sites is 1. The summed E-state index contributed by atoms with van der Waals surface area (Å²) in [5, 5.41) is 4.88. The topological polar surface area (TPSA) is 76.5 Å². The zero-order valence-electron chi connectivity index (χ0n) is 25.8. The Balaban J connectivity index is 1.13. The largest absolute Gasteiger partial charge is 0.489 e. The van der Waals surface area contributed by atoms with Crippen molar-refractivity contribution in [3.8, 4) is 5.75 Å². The Kier molecular flexibility index (Phi) is 9.78. The van der Waals surface area contributed by atoms with Gasteiger partial charge in [-0.1, -0.05) is 47.5 Å². The summed E-state index contributed by atoms with van der Waals surface area (Å²) < 4.78 is 8.39. The number of amides is 1. The number of halogens is 2. The standard InChI is InChI=1S/C36H40Cl2N4O3/c1-23(2)45-34-9-5-7-28-29(36(44)40-21-24-10-13-30(37)31(38)19-24)22-41(35(28)34)15-6-16-42-26-11-12-27(42)18-25(17-26)20-33(43)32-8-3-4-14-39-32/h3-5,7-10,13-14,19,22-23,25-27H,6,11-12,15-18,20-21H2,1-2H3,(H,40,44)/t25-,26+,27-. The number of benzene rings is 2. The molecule has 4 heterocycles. The van der Waals surface area contributed by atoms with Gasteiger partial charge in [0.2, 0.25) is 0 Å². The molecule has 236 valence electrons. The molecular formula is C36H40Cl2N4O3. The predicted molar refractivity (Wildman–Crippen MR) is 179 cm³/mol. The monoisotopic (exact) mass is 646 g/mol. The van der Waals surface area contributed by atoms with Crippen LogP contribution in [0.3, 0.4) is 0 Å². The van der Waals surface area contributed by atoms with Gasteiger partial charge in [0.1, 0.15) is 11.4 Å². The van der Waals surface area contributed by atoms with Crippen molar-refractivity contribution in [1.82, 2.24) is 19.8 Å². The third-order valence-electron chi connectivity index (χ3n) is 9.13. The van der Waals surface area contributed by atoms with Crippen molar-refractivity contribution in [2.45, 2.75) is 83.6 Å². The highest BCUT2D eigenvalue weighted by atomic mass is 35.5. The van der Waals surface area contributed by atoms with E-state index in [1.165, 1.54) is 12.8 Å². The highest BCUT2D eigenvalue weighted by Crippen LogP contribution is 2.40. The maximum Gasteiger partial charge on any atom is 0.253 e. The highest BCUT2D eigenvalue weighted by Gasteiger charge is 2.40. The van der Waals surface area contributed by atoms with Gasteiger partial charge >= 0.3 is 0 Å². The summed E-state index contributed by atoms with van der Waals surface area (Å²) in [5.41, 5.74) is 3.03. The summed E-state index contributed by atoms with van der Waals surface area (Å²) in [7, 11) is 0. The smallest absolute Gasteiger partial charge is 0.253 e. The number of fused-ring (bicyclic) bond motifs is 3. The van der Waals surface area contributed by atoms with E-state index in [2.05, 4.69) is 19.8 Å². The number of hydrogen-bond acceptors (Lipinski definition) is 5. The second kappa shape index (κ2) is 13.9. The van der Waals surface area contributed by atoms with E-state index >= 15 is 0 Å². The fourth-order valence-electron chi connectivity index (χ4n) is 7.20. The van der Waals surface area contributed by atoms with E-state index in [4.69, 9.17) is 27.9 Å². The third-order valence-corrected chi connectivity index (χ3v) is 9.87. The van der Waals surface area contributed by atoms with Crippen molar-refractivity contribution >= 4 is 45.8 Å². The van der Waals surface area contributed by atoms with Crippen molar-refractivity contribution < 1.29 is 14.3 Å². The Bertz CT molecular complexity index is 1660. The van der Waals surface area contributed by atoms with Gasteiger partial charge in [-0.2, -0.15) is 0 Å². The van der Waals surface area contributed by atoms with Crippen LogP contribution in [0.2, 0.25) is 10.0 Å². The van der Waals surface area contributed by atoms with E-state index in [1.54, 1.807) is 18.3 Å². The third kappa shape index (κ3) is 7.21. The lowest BCUT2D eigenvalue weighted by molar-refractivity contribution is 0.0803. The number of ether oxygens (including phenoxy) is 1. The first-order chi connectivity index (χ1) is 21.8. The fourth-order valence-corrected chi connectivity index (χ4v) is 7.52. The molecule has 0 unspecified atom stereocenters. The molecule has 1 amide bonds. The van der Waals surface area contributed by atoms with E-state index in [0.717, 1.165) is 54.6 Å². The summed E-state index contributed by atoms with van der Waals surface area (Å²) in [5.74, 6) is 1.21. The SMILES string of the molecule is CC(C)Oc1cccc2c(C(=O)NCc3ccc(Cl)c(Cl)c3)cn(CCCN3[C@@H]4CC[C@H]3C[C@@H](CC(=O)c3ccccn3)C4)c12. The second-order valence-electron chi connectivity index (χ2n) is 12.6. The summed E-state index contributed by atoms with van der Waals surface area (Å²) in [6, 6.07) is 17.9. The minimum absolute atomic E-state index is 0.00681. The van der Waals surface area contributed by atoms with Gasteiger partial charge in [-0.3, -0.25) is 19.5 Å². The molecule has 0 aliphatic carbocycles. The number of aryl methyl sites for hydroxylation is 1. The molecule has 3 atom stereocenters. The summed E-state index contributed by atoms with van der Waals surface area (Å²) in [4.78, 5) is 33.2. The minimum Gasteiger partial charge on any atom is -0.489 e. The number of carbonyl (C=O) groups is 2. The minimum atomic E-state index is -0.146. The van der Waals surface area contributed by atoms with Gasteiger partial charge in [0.25, 0.3) is 5.91 Å². The van der Waals surface area contributed by atoms with Gasteiger partial charge in [0.15, 0.2) is 5.78 Å². The molecule has 6 rings (SSSR count). The molecule has 0 saturated carbocycles. The first kappa shape index (κ1) is 31.6. The van der Waals surface area contributed by atoms with Crippen LogP contribution in [-0.4, -0.2) is 50.9 Å². The Morgan fingerprint density at radius 3 is 2.51 bits per heavy atom. The van der Waals surface area contributed by atoms with Gasteiger partial charge in [0.05, 0.1) is 27.2 Å². The van der Waals surface area contributed by atoms with Crippen molar-refractivity contribution in [3.05, 3.63) is 93.9 Å². The lowest BCUT2D eigenvalue weighted by Gasteiger charge is -2.39. The lowest BCUT2D eigenvalue weighted by Crippen LogP contribution is -2.43. The summed E-state index contributed by atoms with van der Waals surface area (Å²) in [6.07, 6.45) is 9.73. The first-order valence-electron chi connectivity index (χ1n) is 16.0. The molecule has 0 spiro atoms. The molecule has 45 heavy (non-hydrogen) atoms. The lowest BCUT2D eigenvalue weighted by atomic mass is 9.86. The number of pyridine rings is 1. The Morgan fingerprint density at radius 1 is 1.00 bits per heavy atom. The summed E-state index contributed by atoms with van der Waals surface area (Å²) in [6.45, 7) is 6.13. The number of hydrogen-bond donors (Lipinski definition) is 1. The zero-order chi connectivity index (χ0) is 31.5. The van der Waals surface area contributed by atoms with Crippen molar-refractivity contribution in [1.29, 1.82) is 0 Å². The molecule has 2 aliphatic rings. The van der Waals surface area contributed by atoms with Gasteiger partial charge < -0.3 is 14.6 Å². The van der Waals surface area contributed by atoms with Crippen LogP contribution < -0.4 is 10.1 Å². The molecular weight excluding hydrogens is 607 g/mol. The average molecular weight is 648 g/mol.